The maximum Gasteiger partial charge on any atom is 0.138 e. The highest BCUT2D eigenvalue weighted by Gasteiger charge is 2.16. The molecule has 1 fully saturated rings. The first-order valence-corrected chi connectivity index (χ1v) is 8.44. The number of aliphatic hydroxyl groups is 1. The fourth-order valence-electron chi connectivity index (χ4n) is 2.61. The van der Waals surface area contributed by atoms with Gasteiger partial charge in [-0.05, 0) is 36.6 Å². The Labute approximate surface area is 142 Å². The van der Waals surface area contributed by atoms with E-state index in [0.29, 0.717) is 25.9 Å². The van der Waals surface area contributed by atoms with Gasteiger partial charge in [0.25, 0.3) is 0 Å². The molecule has 1 aromatic heterocycles. The van der Waals surface area contributed by atoms with Gasteiger partial charge in [0, 0.05) is 17.8 Å². The summed E-state index contributed by atoms with van der Waals surface area (Å²) in [7, 11) is 0. The van der Waals surface area contributed by atoms with Crippen molar-refractivity contribution < 1.29 is 14.6 Å². The van der Waals surface area contributed by atoms with Crippen molar-refractivity contribution in [3.05, 3.63) is 48.3 Å². The van der Waals surface area contributed by atoms with E-state index in [0.717, 1.165) is 29.8 Å². The number of nitrogens with zero attached hydrogens (tertiary/aromatic N) is 1. The van der Waals surface area contributed by atoms with Gasteiger partial charge in [0.15, 0.2) is 0 Å². The van der Waals surface area contributed by atoms with Gasteiger partial charge in [0.2, 0.25) is 0 Å². The normalized spacial score (nSPS) is 16.6. The van der Waals surface area contributed by atoms with E-state index in [4.69, 9.17) is 14.6 Å². The van der Waals surface area contributed by atoms with Gasteiger partial charge in [-0.2, -0.15) is 0 Å². The van der Waals surface area contributed by atoms with E-state index >= 15 is 0 Å². The lowest BCUT2D eigenvalue weighted by Gasteiger charge is -2.27. The Morgan fingerprint density at radius 1 is 1.17 bits per heavy atom. The molecule has 24 heavy (non-hydrogen) atoms. The zero-order chi connectivity index (χ0) is 16.6. The van der Waals surface area contributed by atoms with Gasteiger partial charge < -0.3 is 19.9 Å². The molecule has 5 nitrogen and oxygen atoms in total. The summed E-state index contributed by atoms with van der Waals surface area (Å²) in [6.07, 6.45) is 5.61. The van der Waals surface area contributed by atoms with Crippen LogP contribution in [0.3, 0.4) is 0 Å². The Balaban J connectivity index is 1.62. The van der Waals surface area contributed by atoms with Crippen LogP contribution in [0.15, 0.2) is 42.7 Å². The van der Waals surface area contributed by atoms with Crippen LogP contribution in [0, 0.1) is 0 Å². The van der Waals surface area contributed by atoms with Gasteiger partial charge in [0.05, 0.1) is 26.0 Å². The highest BCUT2D eigenvalue weighted by molar-refractivity contribution is 5.64. The summed E-state index contributed by atoms with van der Waals surface area (Å²) < 4.78 is 11.2. The second kappa shape index (κ2) is 8.78. The summed E-state index contributed by atoms with van der Waals surface area (Å²) in [5.41, 5.74) is 3.37. The minimum atomic E-state index is 0.0644. The molecule has 0 aliphatic carbocycles. The molecule has 5 heteroatoms. The maximum atomic E-state index is 8.73. The van der Waals surface area contributed by atoms with Crippen molar-refractivity contribution in [2.45, 2.75) is 18.9 Å². The van der Waals surface area contributed by atoms with E-state index in [-0.39, 0.29) is 6.61 Å². The van der Waals surface area contributed by atoms with E-state index in [9.17, 15) is 0 Å². The molecule has 1 aromatic carbocycles. The van der Waals surface area contributed by atoms with Gasteiger partial charge in [-0.25, -0.2) is 0 Å². The molecule has 1 atom stereocenters. The summed E-state index contributed by atoms with van der Waals surface area (Å²) in [4.78, 5) is 4.30. The van der Waals surface area contributed by atoms with Crippen molar-refractivity contribution in [1.82, 2.24) is 10.3 Å². The molecule has 2 heterocycles. The van der Waals surface area contributed by atoms with Gasteiger partial charge in [-0.3, -0.25) is 4.98 Å². The lowest BCUT2D eigenvalue weighted by atomic mass is 10.0. The van der Waals surface area contributed by atoms with Gasteiger partial charge in [0.1, 0.15) is 12.4 Å². The molecule has 2 aromatic rings. The van der Waals surface area contributed by atoms with Gasteiger partial charge >= 0.3 is 0 Å². The molecule has 0 saturated carbocycles. The Kier molecular flexibility index (Phi) is 6.18. The Bertz CT molecular complexity index is 644. The molecular formula is C19H24N2O3. The largest absolute Gasteiger partial charge is 0.490 e. The molecular weight excluding hydrogens is 304 g/mol. The Morgan fingerprint density at radius 3 is 2.88 bits per heavy atom. The third-order valence-corrected chi connectivity index (χ3v) is 4.12. The summed E-state index contributed by atoms with van der Waals surface area (Å²) in [5, 5.41) is 12.1. The number of aromatic nitrogens is 1. The van der Waals surface area contributed by atoms with E-state index in [1.165, 1.54) is 12.0 Å². The summed E-state index contributed by atoms with van der Waals surface area (Å²) in [6.45, 7) is 2.84. The number of nitrogens with one attached hydrogen (secondary N) is 1. The summed E-state index contributed by atoms with van der Waals surface area (Å²) in [6, 6.07) is 10.9. The number of hydrogen-bond acceptors (Lipinski definition) is 5. The van der Waals surface area contributed by atoms with Gasteiger partial charge in [-0.1, -0.05) is 24.3 Å². The van der Waals surface area contributed by atoms with Crippen molar-refractivity contribution in [2.24, 2.45) is 0 Å². The van der Waals surface area contributed by atoms with Crippen LogP contribution < -0.4 is 10.1 Å². The van der Waals surface area contributed by atoms with Crippen LogP contribution in [0.5, 0.6) is 5.75 Å². The molecule has 1 aliphatic rings. The van der Waals surface area contributed by atoms with E-state index < -0.39 is 0 Å². The van der Waals surface area contributed by atoms with Crippen LogP contribution in [0.2, 0.25) is 0 Å². The number of hydrogen-bond donors (Lipinski definition) is 2. The zero-order valence-electron chi connectivity index (χ0n) is 13.8. The monoisotopic (exact) mass is 328 g/mol. The first-order chi connectivity index (χ1) is 11.8. The lowest BCUT2D eigenvalue weighted by Crippen LogP contribution is -2.46. The SMILES string of the molecule is OCCOCCc1cccc(-c2cncc(OC[C@@H]3CCN3)c2)c1. The lowest BCUT2D eigenvalue weighted by molar-refractivity contribution is 0.0944. The number of pyridine rings is 1. The second-order valence-corrected chi connectivity index (χ2v) is 5.95. The van der Waals surface area contributed by atoms with Crippen LogP contribution in [0.1, 0.15) is 12.0 Å². The number of rotatable bonds is 9. The highest BCUT2D eigenvalue weighted by Crippen LogP contribution is 2.24. The zero-order valence-corrected chi connectivity index (χ0v) is 13.8. The molecule has 0 bridgehead atoms. The van der Waals surface area contributed by atoms with Crippen molar-refractivity contribution in [3.8, 4) is 16.9 Å². The van der Waals surface area contributed by atoms with Crippen molar-refractivity contribution in [1.29, 1.82) is 0 Å². The highest BCUT2D eigenvalue weighted by atomic mass is 16.5. The first-order valence-electron chi connectivity index (χ1n) is 8.44. The third kappa shape index (κ3) is 4.77. The topological polar surface area (TPSA) is 63.6 Å². The average Bonchev–Trinajstić information content (AvgIpc) is 2.58. The molecule has 128 valence electrons. The first kappa shape index (κ1) is 16.9. The van der Waals surface area contributed by atoms with Crippen LogP contribution in [-0.2, 0) is 11.2 Å². The third-order valence-electron chi connectivity index (χ3n) is 4.12. The minimum absolute atomic E-state index is 0.0644. The van der Waals surface area contributed by atoms with Crippen molar-refractivity contribution >= 4 is 0 Å². The van der Waals surface area contributed by atoms with Crippen LogP contribution >= 0.6 is 0 Å². The average molecular weight is 328 g/mol. The fraction of sp³-hybridized carbons (Fsp3) is 0.421. The van der Waals surface area contributed by atoms with E-state index in [1.807, 2.05) is 18.3 Å². The number of aliphatic hydroxyl groups excluding tert-OH is 1. The number of ether oxygens (including phenoxy) is 2. The predicted molar refractivity (Wildman–Crippen MR) is 93.2 cm³/mol. The second-order valence-electron chi connectivity index (χ2n) is 5.95. The van der Waals surface area contributed by atoms with E-state index in [2.05, 4.69) is 28.5 Å². The summed E-state index contributed by atoms with van der Waals surface area (Å²) >= 11 is 0. The van der Waals surface area contributed by atoms with Crippen LogP contribution in [0.4, 0.5) is 0 Å². The quantitative estimate of drug-likeness (QED) is 0.690. The molecule has 0 amide bonds. The molecule has 1 saturated heterocycles. The molecule has 0 radical (unpaired) electrons. The smallest absolute Gasteiger partial charge is 0.138 e. The van der Waals surface area contributed by atoms with Crippen LogP contribution in [-0.4, -0.2) is 49.1 Å². The molecule has 1 aliphatic heterocycles. The molecule has 0 spiro atoms. The predicted octanol–water partition coefficient (Wildman–Crippen LogP) is 2.04. The van der Waals surface area contributed by atoms with Crippen molar-refractivity contribution in [2.75, 3.05) is 33.0 Å². The minimum Gasteiger partial charge on any atom is -0.490 e. The molecule has 0 unspecified atom stereocenters. The Morgan fingerprint density at radius 2 is 2.08 bits per heavy atom. The molecule has 3 rings (SSSR count). The standard InChI is InChI=1S/C19H24N2O3/c22-7-9-23-8-5-15-2-1-3-16(10-15)17-11-19(13-20-12-17)24-14-18-4-6-21-18/h1-3,10-13,18,21-22H,4-9,14H2/t18-/m0/s1. The van der Waals surface area contributed by atoms with Crippen LogP contribution in [0.25, 0.3) is 11.1 Å². The van der Waals surface area contributed by atoms with E-state index in [1.54, 1.807) is 6.20 Å². The fourth-order valence-corrected chi connectivity index (χ4v) is 2.61. The van der Waals surface area contributed by atoms with Gasteiger partial charge in [-0.15, -0.1) is 0 Å². The molecule has 2 N–H and O–H groups in total. The Hall–Kier alpha value is -1.95. The number of benzene rings is 1. The van der Waals surface area contributed by atoms with Crippen molar-refractivity contribution in [3.63, 3.8) is 0 Å². The maximum absolute atomic E-state index is 8.73. The summed E-state index contributed by atoms with van der Waals surface area (Å²) in [5.74, 6) is 0.804.